The molecular formula is C23H21N3OS. The van der Waals surface area contributed by atoms with Gasteiger partial charge in [-0.3, -0.25) is 9.69 Å². The third kappa shape index (κ3) is 3.66. The van der Waals surface area contributed by atoms with E-state index in [0.717, 1.165) is 38.9 Å². The Morgan fingerprint density at radius 3 is 2.07 bits per heavy atom. The molecule has 0 aromatic heterocycles. The van der Waals surface area contributed by atoms with Gasteiger partial charge in [-0.1, -0.05) is 73.3 Å². The van der Waals surface area contributed by atoms with Crippen molar-refractivity contribution in [2.24, 2.45) is 5.10 Å². The van der Waals surface area contributed by atoms with Crippen molar-refractivity contribution in [1.82, 2.24) is 5.43 Å². The molecule has 0 unspecified atom stereocenters. The van der Waals surface area contributed by atoms with E-state index < -0.39 is 0 Å². The SMILES string of the molecule is CCC(=NNCC(=O)N1c2ccccc2Sc2ccccc21)c1ccccc1. The number of amides is 1. The standard InChI is InChI=1S/C23H21N3OS/c1-2-18(17-10-4-3-5-11-17)25-24-16-23(27)26-19-12-6-8-14-21(19)28-22-15-9-7-13-20(22)26/h3-15,24H,2,16H2,1H3. The molecule has 3 aromatic carbocycles. The maximum atomic E-state index is 13.1. The Bertz CT molecular complexity index is 972. The van der Waals surface area contributed by atoms with Crippen molar-refractivity contribution >= 4 is 34.8 Å². The third-order valence-corrected chi connectivity index (χ3v) is 5.70. The van der Waals surface area contributed by atoms with Gasteiger partial charge in [0.2, 0.25) is 0 Å². The minimum atomic E-state index is -0.0348. The smallest absolute Gasteiger partial charge is 0.252 e. The lowest BCUT2D eigenvalue weighted by Gasteiger charge is -2.30. The zero-order valence-electron chi connectivity index (χ0n) is 15.6. The van der Waals surface area contributed by atoms with Crippen LogP contribution in [0.5, 0.6) is 0 Å². The van der Waals surface area contributed by atoms with E-state index in [1.54, 1.807) is 16.7 Å². The summed E-state index contributed by atoms with van der Waals surface area (Å²) in [5, 5.41) is 4.47. The number of nitrogens with zero attached hydrogens (tertiary/aromatic N) is 2. The second kappa shape index (κ2) is 8.31. The third-order valence-electron chi connectivity index (χ3n) is 4.57. The Hall–Kier alpha value is -3.05. The van der Waals surface area contributed by atoms with Crippen molar-refractivity contribution in [2.45, 2.75) is 23.1 Å². The molecule has 5 heteroatoms. The lowest BCUT2D eigenvalue weighted by molar-refractivity contribution is -0.117. The molecule has 0 saturated carbocycles. The molecular weight excluding hydrogens is 366 g/mol. The van der Waals surface area contributed by atoms with Gasteiger partial charge < -0.3 is 5.43 Å². The summed E-state index contributed by atoms with van der Waals surface area (Å²) in [5.74, 6) is -0.0348. The van der Waals surface area contributed by atoms with Crippen molar-refractivity contribution in [3.05, 3.63) is 84.4 Å². The lowest BCUT2D eigenvalue weighted by Crippen LogP contribution is -2.35. The van der Waals surface area contributed by atoms with Crippen LogP contribution in [0.25, 0.3) is 0 Å². The number of anilines is 2. The van der Waals surface area contributed by atoms with Gasteiger partial charge in [-0.05, 0) is 36.2 Å². The molecule has 1 amide bonds. The predicted molar refractivity (Wildman–Crippen MR) is 115 cm³/mol. The highest BCUT2D eigenvalue weighted by Gasteiger charge is 2.27. The fourth-order valence-corrected chi connectivity index (χ4v) is 4.29. The Balaban J connectivity index is 1.56. The fraction of sp³-hybridized carbons (Fsp3) is 0.130. The average molecular weight is 388 g/mol. The fourth-order valence-electron chi connectivity index (χ4n) is 3.23. The van der Waals surface area contributed by atoms with Gasteiger partial charge >= 0.3 is 0 Å². The molecule has 28 heavy (non-hydrogen) atoms. The van der Waals surface area contributed by atoms with E-state index >= 15 is 0 Å². The summed E-state index contributed by atoms with van der Waals surface area (Å²) in [6.07, 6.45) is 0.789. The highest BCUT2D eigenvalue weighted by Crippen LogP contribution is 2.47. The number of carbonyl (C=O) groups excluding carboxylic acids is 1. The second-order valence-electron chi connectivity index (χ2n) is 6.38. The van der Waals surface area contributed by atoms with Gasteiger partial charge in [-0.15, -0.1) is 0 Å². The molecule has 3 aromatic rings. The van der Waals surface area contributed by atoms with Crippen LogP contribution in [0, 0.1) is 0 Å². The van der Waals surface area contributed by atoms with Crippen molar-refractivity contribution in [3.63, 3.8) is 0 Å². The van der Waals surface area contributed by atoms with Crippen LogP contribution in [0.1, 0.15) is 18.9 Å². The molecule has 0 spiro atoms. The minimum Gasteiger partial charge on any atom is -0.300 e. The van der Waals surface area contributed by atoms with E-state index in [1.165, 1.54) is 0 Å². The summed E-state index contributed by atoms with van der Waals surface area (Å²) >= 11 is 1.69. The molecule has 4 rings (SSSR count). The average Bonchev–Trinajstić information content (AvgIpc) is 2.75. The first-order valence-electron chi connectivity index (χ1n) is 9.31. The summed E-state index contributed by atoms with van der Waals surface area (Å²) in [6, 6.07) is 26.0. The first-order chi connectivity index (χ1) is 13.8. The van der Waals surface area contributed by atoms with Crippen LogP contribution in [-0.4, -0.2) is 18.2 Å². The van der Waals surface area contributed by atoms with Gasteiger partial charge in [0.25, 0.3) is 5.91 Å². The zero-order valence-corrected chi connectivity index (χ0v) is 16.4. The summed E-state index contributed by atoms with van der Waals surface area (Å²) in [4.78, 5) is 17.1. The summed E-state index contributed by atoms with van der Waals surface area (Å²) in [7, 11) is 0. The van der Waals surface area contributed by atoms with Crippen LogP contribution in [0.2, 0.25) is 0 Å². The van der Waals surface area contributed by atoms with E-state index in [4.69, 9.17) is 0 Å². The summed E-state index contributed by atoms with van der Waals surface area (Å²) in [5.41, 5.74) is 6.82. The van der Waals surface area contributed by atoms with Crippen LogP contribution in [-0.2, 0) is 4.79 Å². The number of hydrogen-bond acceptors (Lipinski definition) is 4. The highest BCUT2D eigenvalue weighted by molar-refractivity contribution is 7.99. The van der Waals surface area contributed by atoms with Crippen LogP contribution in [0.3, 0.4) is 0 Å². The number of fused-ring (bicyclic) bond motifs is 2. The Morgan fingerprint density at radius 1 is 0.893 bits per heavy atom. The van der Waals surface area contributed by atoms with Gasteiger partial charge in [-0.2, -0.15) is 5.10 Å². The van der Waals surface area contributed by atoms with Crippen LogP contribution < -0.4 is 10.3 Å². The number of hydrogen-bond donors (Lipinski definition) is 1. The zero-order chi connectivity index (χ0) is 19.3. The maximum Gasteiger partial charge on any atom is 0.252 e. The second-order valence-corrected chi connectivity index (χ2v) is 7.46. The summed E-state index contributed by atoms with van der Waals surface area (Å²) < 4.78 is 0. The van der Waals surface area contributed by atoms with Crippen molar-refractivity contribution in [1.29, 1.82) is 0 Å². The molecule has 0 fully saturated rings. The number of nitrogens with one attached hydrogen (secondary N) is 1. The van der Waals surface area contributed by atoms with E-state index in [0.29, 0.717) is 0 Å². The first-order valence-corrected chi connectivity index (χ1v) is 10.1. The van der Waals surface area contributed by atoms with E-state index in [9.17, 15) is 4.79 Å². The van der Waals surface area contributed by atoms with Crippen LogP contribution in [0.4, 0.5) is 11.4 Å². The lowest BCUT2D eigenvalue weighted by atomic mass is 10.1. The van der Waals surface area contributed by atoms with E-state index in [1.807, 2.05) is 78.9 Å². The normalized spacial score (nSPS) is 12.9. The number of rotatable bonds is 5. The first kappa shape index (κ1) is 18.3. The number of carbonyl (C=O) groups is 1. The quantitative estimate of drug-likeness (QED) is 0.482. The number of para-hydroxylation sites is 2. The van der Waals surface area contributed by atoms with Gasteiger partial charge in [0.15, 0.2) is 0 Å². The largest absolute Gasteiger partial charge is 0.300 e. The minimum absolute atomic E-state index is 0.0348. The molecule has 1 aliphatic rings. The molecule has 0 radical (unpaired) electrons. The van der Waals surface area contributed by atoms with E-state index in [-0.39, 0.29) is 12.5 Å². The monoisotopic (exact) mass is 387 g/mol. The van der Waals surface area contributed by atoms with Crippen molar-refractivity contribution < 1.29 is 4.79 Å². The Labute approximate surface area is 169 Å². The predicted octanol–water partition coefficient (Wildman–Crippen LogP) is 5.22. The topological polar surface area (TPSA) is 44.7 Å². The Kier molecular flexibility index (Phi) is 5.44. The molecule has 1 aliphatic heterocycles. The molecule has 0 atom stereocenters. The number of benzene rings is 3. The van der Waals surface area contributed by atoms with Crippen LogP contribution >= 0.6 is 11.8 Å². The molecule has 0 aliphatic carbocycles. The number of hydrazone groups is 1. The summed E-state index contributed by atoms with van der Waals surface area (Å²) in [6.45, 7) is 2.19. The molecule has 4 nitrogen and oxygen atoms in total. The molecule has 1 N–H and O–H groups in total. The molecule has 0 bridgehead atoms. The molecule has 0 saturated heterocycles. The molecule has 140 valence electrons. The maximum absolute atomic E-state index is 13.1. The molecule has 1 heterocycles. The van der Waals surface area contributed by atoms with Gasteiger partial charge in [0, 0.05) is 9.79 Å². The van der Waals surface area contributed by atoms with E-state index in [2.05, 4.69) is 17.5 Å². The van der Waals surface area contributed by atoms with Gasteiger partial charge in [0.1, 0.15) is 6.54 Å². The van der Waals surface area contributed by atoms with Crippen LogP contribution in [0.15, 0.2) is 93.8 Å². The van der Waals surface area contributed by atoms with Gasteiger partial charge in [-0.25, -0.2) is 0 Å². The van der Waals surface area contributed by atoms with Crippen molar-refractivity contribution in [3.8, 4) is 0 Å². The van der Waals surface area contributed by atoms with Crippen molar-refractivity contribution in [2.75, 3.05) is 11.4 Å². The Morgan fingerprint density at radius 2 is 1.46 bits per heavy atom. The highest BCUT2D eigenvalue weighted by atomic mass is 32.2. The van der Waals surface area contributed by atoms with Gasteiger partial charge in [0.05, 0.1) is 17.1 Å².